The van der Waals surface area contributed by atoms with E-state index in [-0.39, 0.29) is 48.9 Å². The molecule has 1 aromatic carbocycles. The molecule has 1 aliphatic heterocycles. The Balaban J connectivity index is 1.43. The van der Waals surface area contributed by atoms with Crippen molar-refractivity contribution in [1.82, 2.24) is 10.6 Å². The molecule has 0 aliphatic carbocycles. The summed E-state index contributed by atoms with van der Waals surface area (Å²) in [6, 6.07) is 12.5. The molecule has 7 nitrogen and oxygen atoms in total. The number of hydrogen-bond donors (Lipinski definition) is 2. The van der Waals surface area contributed by atoms with E-state index in [1.54, 1.807) is 17.0 Å². The molecule has 8 heteroatoms. The molecule has 0 bridgehead atoms. The number of para-hydroxylation sites is 1. The molecule has 0 spiro atoms. The predicted octanol–water partition coefficient (Wildman–Crippen LogP) is 1.94. The predicted molar refractivity (Wildman–Crippen MR) is 98.7 cm³/mol. The molecule has 3 amide bonds. The van der Waals surface area contributed by atoms with E-state index in [0.717, 1.165) is 5.69 Å². The molecule has 2 N–H and O–H groups in total. The van der Waals surface area contributed by atoms with Gasteiger partial charge in [-0.15, -0.1) is 0 Å². The second-order valence-electron chi connectivity index (χ2n) is 5.89. The Bertz CT molecular complexity index is 806. The van der Waals surface area contributed by atoms with E-state index in [4.69, 9.17) is 4.42 Å². The molecule has 1 atom stereocenters. The van der Waals surface area contributed by atoms with Crippen molar-refractivity contribution in [3.63, 3.8) is 0 Å². The minimum Gasteiger partial charge on any atom is -0.444 e. The zero-order chi connectivity index (χ0) is 18.5. The van der Waals surface area contributed by atoms with Crippen LogP contribution in [0.2, 0.25) is 0 Å². The second-order valence-corrected chi connectivity index (χ2v) is 6.67. The largest absolute Gasteiger partial charge is 0.444 e. The number of hydrogen-bond acceptors (Lipinski definition) is 4. The normalized spacial score (nSPS) is 16.6. The number of furan rings is 1. The van der Waals surface area contributed by atoms with Crippen LogP contribution in [0.15, 0.2) is 51.6 Å². The maximum atomic E-state index is 12.3. The van der Waals surface area contributed by atoms with Crippen LogP contribution in [0, 0.1) is 5.92 Å². The zero-order valence-electron chi connectivity index (χ0n) is 13.9. The van der Waals surface area contributed by atoms with E-state index in [9.17, 15) is 14.4 Å². The molecule has 3 rings (SSSR count). The van der Waals surface area contributed by atoms with Gasteiger partial charge in [0.15, 0.2) is 10.4 Å². The third-order valence-corrected chi connectivity index (χ3v) is 4.50. The summed E-state index contributed by atoms with van der Waals surface area (Å²) < 4.78 is 5.62. The summed E-state index contributed by atoms with van der Waals surface area (Å²) in [5.74, 6) is -0.793. The highest BCUT2D eigenvalue weighted by molar-refractivity contribution is 9.10. The highest BCUT2D eigenvalue weighted by atomic mass is 79.9. The first-order chi connectivity index (χ1) is 12.5. The molecule has 0 unspecified atom stereocenters. The number of benzene rings is 1. The van der Waals surface area contributed by atoms with Crippen LogP contribution < -0.4 is 15.5 Å². The van der Waals surface area contributed by atoms with Gasteiger partial charge in [-0.3, -0.25) is 14.4 Å². The Morgan fingerprint density at radius 1 is 1.12 bits per heavy atom. The molecule has 1 aromatic heterocycles. The maximum Gasteiger partial charge on any atom is 0.287 e. The van der Waals surface area contributed by atoms with Crippen LogP contribution in [0.3, 0.4) is 0 Å². The summed E-state index contributed by atoms with van der Waals surface area (Å²) in [6.07, 6.45) is 0.188. The summed E-state index contributed by atoms with van der Waals surface area (Å²) in [6.45, 7) is 0.913. The van der Waals surface area contributed by atoms with Crippen molar-refractivity contribution in [3.8, 4) is 0 Å². The summed E-state index contributed by atoms with van der Waals surface area (Å²) >= 11 is 3.13. The van der Waals surface area contributed by atoms with Crippen LogP contribution in [-0.2, 0) is 9.59 Å². The van der Waals surface area contributed by atoms with Gasteiger partial charge in [0.2, 0.25) is 11.8 Å². The lowest BCUT2D eigenvalue weighted by Gasteiger charge is -2.16. The third-order valence-electron chi connectivity index (χ3n) is 4.07. The van der Waals surface area contributed by atoms with E-state index >= 15 is 0 Å². The number of nitrogens with zero attached hydrogens (tertiary/aromatic N) is 1. The fourth-order valence-electron chi connectivity index (χ4n) is 2.77. The van der Waals surface area contributed by atoms with Gasteiger partial charge in [0, 0.05) is 31.7 Å². The number of rotatable bonds is 6. The van der Waals surface area contributed by atoms with Gasteiger partial charge in [-0.2, -0.15) is 0 Å². The van der Waals surface area contributed by atoms with E-state index in [0.29, 0.717) is 11.2 Å². The van der Waals surface area contributed by atoms with Gasteiger partial charge >= 0.3 is 0 Å². The Morgan fingerprint density at radius 3 is 2.54 bits per heavy atom. The Labute approximate surface area is 158 Å². The maximum absolute atomic E-state index is 12.3. The first-order valence-electron chi connectivity index (χ1n) is 8.21. The number of nitrogens with one attached hydrogen (secondary N) is 2. The van der Waals surface area contributed by atoms with Gasteiger partial charge in [0.05, 0.1) is 5.92 Å². The summed E-state index contributed by atoms with van der Waals surface area (Å²) in [5.41, 5.74) is 0.796. The van der Waals surface area contributed by atoms with Crippen LogP contribution in [-0.4, -0.2) is 37.4 Å². The van der Waals surface area contributed by atoms with Gasteiger partial charge in [-0.25, -0.2) is 0 Å². The Kier molecular flexibility index (Phi) is 5.72. The lowest BCUT2D eigenvalue weighted by molar-refractivity contribution is -0.126. The molecular formula is C18H18BrN3O4. The van der Waals surface area contributed by atoms with Crippen molar-refractivity contribution < 1.29 is 18.8 Å². The third kappa shape index (κ3) is 4.32. The smallest absolute Gasteiger partial charge is 0.287 e. The first kappa shape index (κ1) is 18.2. The van der Waals surface area contributed by atoms with Crippen molar-refractivity contribution in [3.05, 3.63) is 52.9 Å². The molecule has 0 saturated carbocycles. The summed E-state index contributed by atoms with van der Waals surface area (Å²) in [4.78, 5) is 37.8. The number of carbonyl (C=O) groups is 3. The lowest BCUT2D eigenvalue weighted by Crippen LogP contribution is -2.38. The van der Waals surface area contributed by atoms with Crippen molar-refractivity contribution in [2.75, 3.05) is 24.5 Å². The first-order valence-corrected chi connectivity index (χ1v) is 9.00. The molecule has 2 aromatic rings. The molecule has 1 saturated heterocycles. The molecule has 26 heavy (non-hydrogen) atoms. The molecule has 1 fully saturated rings. The molecular weight excluding hydrogens is 402 g/mol. The number of anilines is 1. The Morgan fingerprint density at radius 2 is 1.85 bits per heavy atom. The van der Waals surface area contributed by atoms with E-state index in [1.807, 2.05) is 30.3 Å². The highest BCUT2D eigenvalue weighted by Gasteiger charge is 2.34. The minimum absolute atomic E-state index is 0.0620. The number of carbonyl (C=O) groups excluding carboxylic acids is 3. The average molecular weight is 420 g/mol. The monoisotopic (exact) mass is 419 g/mol. The SMILES string of the molecule is O=C(NCCNC(=O)[C@@H]1CC(=O)N(c2ccccc2)C1)c1ccc(Br)o1. The molecule has 1 aliphatic rings. The number of halogens is 1. The van der Waals surface area contributed by atoms with Gasteiger partial charge < -0.3 is 20.0 Å². The highest BCUT2D eigenvalue weighted by Crippen LogP contribution is 2.24. The van der Waals surface area contributed by atoms with Crippen molar-refractivity contribution >= 4 is 39.3 Å². The van der Waals surface area contributed by atoms with Crippen molar-refractivity contribution in [2.45, 2.75) is 6.42 Å². The van der Waals surface area contributed by atoms with Gasteiger partial charge in [-0.1, -0.05) is 18.2 Å². The average Bonchev–Trinajstić information content (AvgIpc) is 3.25. The minimum atomic E-state index is -0.389. The molecule has 2 heterocycles. The van der Waals surface area contributed by atoms with Crippen LogP contribution in [0.5, 0.6) is 0 Å². The fraction of sp³-hybridized carbons (Fsp3) is 0.278. The van der Waals surface area contributed by atoms with E-state index in [1.165, 1.54) is 0 Å². The van der Waals surface area contributed by atoms with E-state index in [2.05, 4.69) is 26.6 Å². The zero-order valence-corrected chi connectivity index (χ0v) is 15.5. The van der Waals surface area contributed by atoms with Crippen molar-refractivity contribution in [2.24, 2.45) is 5.92 Å². The number of amides is 3. The summed E-state index contributed by atoms with van der Waals surface area (Å²) in [5, 5.41) is 5.41. The molecule has 0 radical (unpaired) electrons. The topological polar surface area (TPSA) is 91.7 Å². The van der Waals surface area contributed by atoms with Gasteiger partial charge in [0.1, 0.15) is 0 Å². The Hall–Kier alpha value is -2.61. The lowest BCUT2D eigenvalue weighted by atomic mass is 10.1. The molecule has 136 valence electrons. The van der Waals surface area contributed by atoms with Crippen molar-refractivity contribution in [1.29, 1.82) is 0 Å². The van der Waals surface area contributed by atoms with Gasteiger partial charge in [-0.05, 0) is 40.2 Å². The van der Waals surface area contributed by atoms with Gasteiger partial charge in [0.25, 0.3) is 5.91 Å². The fourth-order valence-corrected chi connectivity index (χ4v) is 3.08. The quantitative estimate of drug-likeness (QED) is 0.699. The second kappa shape index (κ2) is 8.18. The van der Waals surface area contributed by atoms with Crippen LogP contribution in [0.25, 0.3) is 0 Å². The summed E-state index contributed by atoms with van der Waals surface area (Å²) in [7, 11) is 0. The standard InChI is InChI=1S/C18H18BrN3O4/c19-15-7-6-14(26-15)18(25)21-9-8-20-17(24)12-10-16(23)22(11-12)13-4-2-1-3-5-13/h1-7,12H,8-11H2,(H,20,24)(H,21,25)/t12-/m1/s1. The van der Waals surface area contributed by atoms with Crippen LogP contribution >= 0.6 is 15.9 Å². The van der Waals surface area contributed by atoms with Crippen LogP contribution in [0.4, 0.5) is 5.69 Å². The van der Waals surface area contributed by atoms with E-state index < -0.39 is 0 Å². The van der Waals surface area contributed by atoms with Crippen LogP contribution in [0.1, 0.15) is 17.0 Å².